The smallest absolute Gasteiger partial charge is 0.133 e. The summed E-state index contributed by atoms with van der Waals surface area (Å²) in [5.74, 6) is 0.878. The summed E-state index contributed by atoms with van der Waals surface area (Å²) in [5, 5.41) is 4.13. The lowest BCUT2D eigenvalue weighted by Gasteiger charge is -2.50. The van der Waals surface area contributed by atoms with Crippen molar-refractivity contribution < 1.29 is 14.0 Å². The number of ether oxygens (including phenoxy) is 2. The van der Waals surface area contributed by atoms with Crippen molar-refractivity contribution >= 4 is 0 Å². The number of aromatic nitrogens is 1. The quantitative estimate of drug-likeness (QED) is 0.837. The molecule has 1 aromatic heterocycles. The summed E-state index contributed by atoms with van der Waals surface area (Å²) < 4.78 is 17.3. The Labute approximate surface area is 132 Å². The molecule has 5 nitrogen and oxygen atoms in total. The highest BCUT2D eigenvalue weighted by Crippen LogP contribution is 2.41. The van der Waals surface area contributed by atoms with Crippen molar-refractivity contribution in [3.8, 4) is 0 Å². The summed E-state index contributed by atoms with van der Waals surface area (Å²) in [7, 11) is 0. The molecule has 2 aliphatic heterocycles. The van der Waals surface area contributed by atoms with Gasteiger partial charge in [-0.3, -0.25) is 4.90 Å². The zero-order chi connectivity index (χ0) is 15.6. The van der Waals surface area contributed by atoms with E-state index in [2.05, 4.69) is 23.9 Å². The summed E-state index contributed by atoms with van der Waals surface area (Å²) in [6.45, 7) is 10.8. The normalized spacial score (nSPS) is 29.7. The molecule has 5 heteroatoms. The molecule has 3 rings (SSSR count). The Hall–Kier alpha value is -0.910. The number of aryl methyl sites for hydroxylation is 1. The van der Waals surface area contributed by atoms with Gasteiger partial charge in [-0.2, -0.15) is 0 Å². The lowest BCUT2D eigenvalue weighted by molar-refractivity contribution is -0.159. The van der Waals surface area contributed by atoms with E-state index in [9.17, 15) is 0 Å². The van der Waals surface area contributed by atoms with Gasteiger partial charge in [-0.25, -0.2) is 0 Å². The molecule has 3 heterocycles. The number of hydrogen-bond acceptors (Lipinski definition) is 5. The van der Waals surface area contributed by atoms with Crippen LogP contribution in [0, 0.1) is 12.3 Å². The average molecular weight is 308 g/mol. The first kappa shape index (κ1) is 16.0. The fraction of sp³-hybridized carbons (Fsp3) is 0.824. The van der Waals surface area contributed by atoms with Gasteiger partial charge in [0, 0.05) is 37.7 Å². The van der Waals surface area contributed by atoms with Crippen molar-refractivity contribution in [3.05, 3.63) is 17.5 Å². The van der Waals surface area contributed by atoms with E-state index in [0.717, 1.165) is 57.1 Å². The second-order valence-corrected chi connectivity index (χ2v) is 7.11. The van der Waals surface area contributed by atoms with Gasteiger partial charge in [0.05, 0.1) is 24.5 Å². The molecule has 0 saturated carbocycles. The van der Waals surface area contributed by atoms with Crippen LogP contribution in [0.4, 0.5) is 0 Å². The summed E-state index contributed by atoms with van der Waals surface area (Å²) in [6.07, 6.45) is 4.02. The van der Waals surface area contributed by atoms with Gasteiger partial charge in [0.25, 0.3) is 0 Å². The van der Waals surface area contributed by atoms with Gasteiger partial charge >= 0.3 is 0 Å². The van der Waals surface area contributed by atoms with Crippen LogP contribution in [0.3, 0.4) is 0 Å². The molecule has 1 aromatic rings. The third-order valence-electron chi connectivity index (χ3n) is 4.83. The maximum absolute atomic E-state index is 6.08. The van der Waals surface area contributed by atoms with Crippen LogP contribution in [0.2, 0.25) is 0 Å². The second kappa shape index (κ2) is 6.69. The molecular weight excluding hydrogens is 280 g/mol. The largest absolute Gasteiger partial charge is 0.378 e. The SMILES string of the molecule is Cc1cc(CN2CC[C@H]3OCCC[C@@]3(COC(C)C)C2)no1. The van der Waals surface area contributed by atoms with Gasteiger partial charge in [-0.15, -0.1) is 0 Å². The lowest BCUT2D eigenvalue weighted by atomic mass is 9.73. The topological polar surface area (TPSA) is 47.7 Å². The van der Waals surface area contributed by atoms with Crippen molar-refractivity contribution in [3.63, 3.8) is 0 Å². The predicted molar refractivity (Wildman–Crippen MR) is 83.6 cm³/mol. The zero-order valence-corrected chi connectivity index (χ0v) is 14.0. The number of nitrogens with zero attached hydrogens (tertiary/aromatic N) is 2. The highest BCUT2D eigenvalue weighted by Gasteiger charge is 2.46. The number of hydrogen-bond donors (Lipinski definition) is 0. The van der Waals surface area contributed by atoms with Crippen molar-refractivity contribution in [2.75, 3.05) is 26.3 Å². The van der Waals surface area contributed by atoms with Crippen LogP contribution in [-0.2, 0) is 16.0 Å². The number of likely N-dealkylation sites (tertiary alicyclic amines) is 1. The molecule has 2 aliphatic rings. The molecule has 0 spiro atoms. The third kappa shape index (κ3) is 3.53. The van der Waals surface area contributed by atoms with E-state index in [0.29, 0.717) is 6.10 Å². The highest BCUT2D eigenvalue weighted by molar-refractivity contribution is 5.05. The molecule has 0 radical (unpaired) electrons. The summed E-state index contributed by atoms with van der Waals surface area (Å²) in [5.41, 5.74) is 1.16. The van der Waals surface area contributed by atoms with Crippen LogP contribution in [-0.4, -0.2) is 48.6 Å². The summed E-state index contributed by atoms with van der Waals surface area (Å²) in [6, 6.07) is 2.03. The van der Waals surface area contributed by atoms with Gasteiger partial charge in [-0.05, 0) is 40.0 Å². The molecule has 22 heavy (non-hydrogen) atoms. The van der Waals surface area contributed by atoms with Crippen molar-refractivity contribution in [1.82, 2.24) is 10.1 Å². The first-order valence-electron chi connectivity index (χ1n) is 8.45. The molecule has 2 fully saturated rings. The Morgan fingerprint density at radius 3 is 3.09 bits per heavy atom. The molecule has 0 bridgehead atoms. The Balaban J connectivity index is 1.68. The van der Waals surface area contributed by atoms with E-state index in [1.807, 2.05) is 13.0 Å². The van der Waals surface area contributed by atoms with Crippen molar-refractivity contribution in [2.45, 2.75) is 58.8 Å². The zero-order valence-electron chi connectivity index (χ0n) is 14.0. The molecule has 0 aliphatic carbocycles. The third-order valence-corrected chi connectivity index (χ3v) is 4.83. The first-order valence-corrected chi connectivity index (χ1v) is 8.45. The average Bonchev–Trinajstić information content (AvgIpc) is 2.90. The minimum absolute atomic E-state index is 0.138. The maximum atomic E-state index is 6.08. The molecule has 2 atom stereocenters. The van der Waals surface area contributed by atoms with Crippen molar-refractivity contribution in [1.29, 1.82) is 0 Å². The Morgan fingerprint density at radius 1 is 1.50 bits per heavy atom. The predicted octanol–water partition coefficient (Wildman–Crippen LogP) is 2.78. The van der Waals surface area contributed by atoms with Crippen molar-refractivity contribution in [2.24, 2.45) is 5.41 Å². The van der Waals surface area contributed by atoms with E-state index >= 15 is 0 Å². The molecule has 124 valence electrons. The van der Waals surface area contributed by atoms with Crippen LogP contribution >= 0.6 is 0 Å². The van der Waals surface area contributed by atoms with E-state index in [4.69, 9.17) is 14.0 Å². The van der Waals surface area contributed by atoms with E-state index in [1.165, 1.54) is 6.42 Å². The first-order chi connectivity index (χ1) is 10.6. The van der Waals surface area contributed by atoms with Crippen LogP contribution in [0.25, 0.3) is 0 Å². The van der Waals surface area contributed by atoms with Crippen LogP contribution < -0.4 is 0 Å². The molecule has 0 N–H and O–H groups in total. The number of fused-ring (bicyclic) bond motifs is 1. The van der Waals surface area contributed by atoms with E-state index in [1.54, 1.807) is 0 Å². The molecule has 0 amide bonds. The van der Waals surface area contributed by atoms with Gasteiger partial charge in [-0.1, -0.05) is 5.16 Å². The standard InChI is InChI=1S/C17H28N2O3/c1-13(2)21-12-17-6-4-8-20-16(17)5-7-19(11-17)10-15-9-14(3)22-18-15/h9,13,16H,4-8,10-12H2,1-3H3/t16-,17+/m1/s1. The van der Waals surface area contributed by atoms with Gasteiger partial charge in [0.2, 0.25) is 0 Å². The summed E-state index contributed by atoms with van der Waals surface area (Å²) in [4.78, 5) is 2.48. The minimum Gasteiger partial charge on any atom is -0.378 e. The Morgan fingerprint density at radius 2 is 2.36 bits per heavy atom. The Bertz CT molecular complexity index is 488. The lowest BCUT2D eigenvalue weighted by Crippen LogP contribution is -2.56. The molecule has 2 saturated heterocycles. The fourth-order valence-electron chi connectivity index (χ4n) is 3.78. The van der Waals surface area contributed by atoms with Crippen LogP contribution in [0.5, 0.6) is 0 Å². The molecular formula is C17H28N2O3. The molecule has 0 unspecified atom stereocenters. The monoisotopic (exact) mass is 308 g/mol. The van der Waals surface area contributed by atoms with Crippen LogP contribution in [0.1, 0.15) is 44.6 Å². The minimum atomic E-state index is 0.138. The fourth-order valence-corrected chi connectivity index (χ4v) is 3.78. The molecule has 0 aromatic carbocycles. The van der Waals surface area contributed by atoms with E-state index < -0.39 is 0 Å². The highest BCUT2D eigenvalue weighted by atomic mass is 16.5. The Kier molecular flexibility index (Phi) is 4.85. The number of piperidine rings is 1. The van der Waals surface area contributed by atoms with Gasteiger partial charge in [0.15, 0.2) is 0 Å². The second-order valence-electron chi connectivity index (χ2n) is 7.11. The number of rotatable bonds is 5. The summed E-state index contributed by atoms with van der Waals surface area (Å²) >= 11 is 0. The van der Waals surface area contributed by atoms with Gasteiger partial charge in [0.1, 0.15) is 5.76 Å². The van der Waals surface area contributed by atoms with Crippen LogP contribution in [0.15, 0.2) is 10.6 Å². The van der Waals surface area contributed by atoms with E-state index in [-0.39, 0.29) is 11.5 Å². The van der Waals surface area contributed by atoms with Gasteiger partial charge < -0.3 is 14.0 Å². The maximum Gasteiger partial charge on any atom is 0.133 e.